The lowest BCUT2D eigenvalue weighted by molar-refractivity contribution is -0.660. The van der Waals surface area contributed by atoms with Gasteiger partial charge in [-0.15, -0.1) is 0 Å². The monoisotopic (exact) mass is 1470 g/mol. The van der Waals surface area contributed by atoms with Crippen LogP contribution < -0.4 is 22.8 Å². The molecule has 15 aromatic heterocycles. The van der Waals surface area contributed by atoms with Crippen LogP contribution in [0.5, 0.6) is 0 Å². The molecule has 0 aliphatic carbocycles. The maximum absolute atomic E-state index is 4.78. The summed E-state index contributed by atoms with van der Waals surface area (Å²) in [6, 6.07) is 73.9. The molecule has 0 fully saturated rings. The van der Waals surface area contributed by atoms with Crippen molar-refractivity contribution in [1.82, 2.24) is 46.9 Å². The summed E-state index contributed by atoms with van der Waals surface area (Å²) >= 11 is 0. The van der Waals surface area contributed by atoms with Crippen LogP contribution >= 0.6 is 0 Å². The number of aromatic nitrogens is 15. The molecule has 0 aliphatic heterocycles. The molecule has 0 unspecified atom stereocenters. The minimum atomic E-state index is 0.506. The largest absolute Gasteiger partial charge is 0.299 e. The normalized spacial score (nSPS) is 11.5. The summed E-state index contributed by atoms with van der Waals surface area (Å²) in [6.45, 7) is 23.9. The van der Waals surface area contributed by atoms with E-state index in [9.17, 15) is 0 Å². The molecule has 5 aromatic carbocycles. The zero-order chi connectivity index (χ0) is 77.9. The molecule has 0 amide bonds. The van der Waals surface area contributed by atoms with Gasteiger partial charge in [0.05, 0.1) is 72.0 Å². The molecule has 552 valence electrons. The van der Waals surface area contributed by atoms with Crippen molar-refractivity contribution in [2.75, 3.05) is 0 Å². The number of aryl methyl sites for hydroxylation is 13. The van der Waals surface area contributed by atoms with Crippen molar-refractivity contribution < 1.29 is 22.8 Å². The third kappa shape index (κ3) is 13.4. The highest BCUT2D eigenvalue weighted by molar-refractivity contribution is 5.99. The van der Waals surface area contributed by atoms with Crippen molar-refractivity contribution in [3.8, 4) is 56.3 Å². The Balaban J connectivity index is 0.000000106. The van der Waals surface area contributed by atoms with Gasteiger partial charge in [-0.1, -0.05) is 80.1 Å². The third-order valence-corrected chi connectivity index (χ3v) is 21.9. The van der Waals surface area contributed by atoms with Gasteiger partial charge in [0.15, 0.2) is 31.0 Å². The summed E-state index contributed by atoms with van der Waals surface area (Å²) in [5.41, 5.74) is 41.2. The SMILES string of the molecule is Cc1cc(C)c(C)c(-c2c3c(cc[n+]2C)nc2ccccn23)c1.Cc1cc[n+](C)c(-c2c(C)ccc3nc4ccccn4c23)c1.Cc1ccc(-c2c(C)ccc3nc4ccccn4c23)[n+](C)c1.Cc1ccc2nc3ccccn3c2c1-c1cc(C(C)C)cc[n+]1C.Cc1ccc2nc3ccccn3c2c1-c1cccc[n+]1C. The van der Waals surface area contributed by atoms with Crippen LogP contribution in [-0.4, -0.2) is 46.9 Å². The zero-order valence-corrected chi connectivity index (χ0v) is 66.8. The van der Waals surface area contributed by atoms with E-state index in [1.54, 1.807) is 0 Å². The van der Waals surface area contributed by atoms with E-state index in [4.69, 9.17) is 24.9 Å². The van der Waals surface area contributed by atoms with Gasteiger partial charge in [-0.05, 0) is 216 Å². The van der Waals surface area contributed by atoms with E-state index >= 15 is 0 Å². The highest BCUT2D eigenvalue weighted by Crippen LogP contribution is 2.37. The van der Waals surface area contributed by atoms with Gasteiger partial charge in [0.1, 0.15) is 74.5 Å². The van der Waals surface area contributed by atoms with E-state index in [-0.39, 0.29) is 0 Å². The number of hydrogen-bond donors (Lipinski definition) is 0. The van der Waals surface area contributed by atoms with E-state index < -0.39 is 0 Å². The van der Waals surface area contributed by atoms with Crippen LogP contribution in [0.4, 0.5) is 0 Å². The summed E-state index contributed by atoms with van der Waals surface area (Å²) in [5, 5.41) is 0. The standard InChI is InChI=1S/C21H22N3.C20H20N3.2C19H18N3.C18H16N3/c1-14(2)16-10-12-23(4)18(13-16)20-15(3)8-9-17-21(20)24-11-6-5-7-19(24)22-17;1-13-11-14(2)15(3)16(12-13)19-20-17(8-10-22(19)4)21-18-7-5-6-9-23(18)20;1-13-7-10-16(21(3)12-13)18-14(2)8-9-15-19(18)22-11-5-4-6-17(22)20-15;1-13-9-11-21(3)16(12-13)18-14(2)7-8-15-19(18)22-10-5-4-6-17(22)20-15;1-13-9-10-14-18(21-12-6-4-8-16(21)19-14)17(13)15-7-3-5-11-20(15)2/h5-14H,1-4H3;5-12H,1-4H3;2*4-12H,1-3H3;3-12H,1-2H3/q5*+1. The summed E-state index contributed by atoms with van der Waals surface area (Å²) < 4.78 is 21.8. The number of rotatable bonds is 6. The Hall–Kier alpha value is -13.4. The van der Waals surface area contributed by atoms with Gasteiger partial charge in [-0.3, -0.25) is 22.0 Å². The van der Waals surface area contributed by atoms with E-state index in [0.29, 0.717) is 5.92 Å². The predicted octanol–water partition coefficient (Wildman–Crippen LogP) is 18.8. The Morgan fingerprint density at radius 3 is 1.08 bits per heavy atom. The van der Waals surface area contributed by atoms with Crippen LogP contribution in [0.2, 0.25) is 0 Å². The lowest BCUT2D eigenvalue weighted by Crippen LogP contribution is -2.31. The van der Waals surface area contributed by atoms with Crippen molar-refractivity contribution in [2.24, 2.45) is 35.2 Å². The van der Waals surface area contributed by atoms with E-state index in [0.717, 1.165) is 55.8 Å². The minimum Gasteiger partial charge on any atom is -0.299 e. The Bertz CT molecular complexity index is 7060. The van der Waals surface area contributed by atoms with Gasteiger partial charge < -0.3 is 0 Å². The van der Waals surface area contributed by atoms with Crippen LogP contribution in [-0.2, 0) is 35.2 Å². The van der Waals surface area contributed by atoms with Crippen LogP contribution in [0.25, 0.3) is 140 Å². The smallest absolute Gasteiger partial charge is 0.239 e. The van der Waals surface area contributed by atoms with Crippen LogP contribution in [0.1, 0.15) is 75.4 Å². The summed E-state index contributed by atoms with van der Waals surface area (Å²) in [6.07, 6.45) is 21.1. The number of pyridine rings is 10. The van der Waals surface area contributed by atoms with Crippen molar-refractivity contribution in [3.63, 3.8) is 0 Å². The molecule has 0 spiro atoms. The average molecular weight is 1470 g/mol. The number of benzene rings is 5. The Morgan fingerprint density at radius 1 is 0.277 bits per heavy atom. The molecule has 0 saturated heterocycles. The molecule has 0 radical (unpaired) electrons. The quantitative estimate of drug-likeness (QED) is 0.154. The molecule has 112 heavy (non-hydrogen) atoms. The molecule has 0 aliphatic rings. The fraction of sp³-hybridized carbons (Fsp3) is 0.175. The molecule has 15 heteroatoms. The molecule has 0 atom stereocenters. The summed E-state index contributed by atoms with van der Waals surface area (Å²) in [4.78, 5) is 23.8. The van der Waals surface area contributed by atoms with Crippen molar-refractivity contribution >= 4 is 83.4 Å². The molecular formula is C97H94N15+5. The van der Waals surface area contributed by atoms with Crippen LogP contribution in [0.15, 0.2) is 274 Å². The number of hydrogen-bond acceptors (Lipinski definition) is 5. The second kappa shape index (κ2) is 29.9. The highest BCUT2D eigenvalue weighted by Gasteiger charge is 2.27. The summed E-state index contributed by atoms with van der Waals surface area (Å²) in [7, 11) is 10.5. The van der Waals surface area contributed by atoms with Crippen LogP contribution in [0.3, 0.4) is 0 Å². The maximum Gasteiger partial charge on any atom is 0.239 e. The minimum absolute atomic E-state index is 0.506. The number of nitrogens with zero attached hydrogens (tertiary/aromatic N) is 15. The second-order valence-corrected chi connectivity index (χ2v) is 30.2. The molecule has 20 aromatic rings. The molecule has 20 rings (SSSR count). The maximum atomic E-state index is 4.78. The first-order chi connectivity index (χ1) is 54.2. The molecule has 0 N–H and O–H groups in total. The molecule has 0 bridgehead atoms. The van der Waals surface area contributed by atoms with E-state index in [1.165, 1.54) is 140 Å². The first kappa shape index (κ1) is 72.8. The highest BCUT2D eigenvalue weighted by atomic mass is 15.1. The average Bonchev–Trinajstić information content (AvgIpc) is 1.53. The Morgan fingerprint density at radius 2 is 0.652 bits per heavy atom. The predicted molar refractivity (Wildman–Crippen MR) is 453 cm³/mol. The fourth-order valence-electron chi connectivity index (χ4n) is 16.0. The van der Waals surface area contributed by atoms with Gasteiger partial charge in [0, 0.05) is 85.1 Å². The van der Waals surface area contributed by atoms with Crippen molar-refractivity contribution in [1.29, 1.82) is 0 Å². The van der Waals surface area contributed by atoms with Crippen molar-refractivity contribution in [3.05, 3.63) is 330 Å². The molecule has 0 saturated carbocycles. The zero-order valence-electron chi connectivity index (χ0n) is 66.8. The molecule has 15 heterocycles. The van der Waals surface area contributed by atoms with E-state index in [2.05, 4.69) is 376 Å². The van der Waals surface area contributed by atoms with Gasteiger partial charge in [0.25, 0.3) is 0 Å². The second-order valence-electron chi connectivity index (χ2n) is 30.2. The van der Waals surface area contributed by atoms with Crippen molar-refractivity contribution in [2.45, 2.75) is 82.1 Å². The molecular weight excluding hydrogens is 1380 g/mol. The topological polar surface area (TPSA) is 106 Å². The Labute approximate surface area is 652 Å². The first-order valence-electron chi connectivity index (χ1n) is 38.4. The lowest BCUT2D eigenvalue weighted by Gasteiger charge is -2.10. The fourth-order valence-corrected chi connectivity index (χ4v) is 16.0. The van der Waals surface area contributed by atoms with Gasteiger partial charge in [-0.25, -0.2) is 43.2 Å². The van der Waals surface area contributed by atoms with Gasteiger partial charge >= 0.3 is 0 Å². The lowest BCUT2D eigenvalue weighted by atomic mass is 9.96. The number of imidazole rings is 5. The van der Waals surface area contributed by atoms with Crippen LogP contribution in [0, 0.1) is 62.3 Å². The van der Waals surface area contributed by atoms with E-state index in [1.807, 2.05) is 54.6 Å². The van der Waals surface area contributed by atoms with Gasteiger partial charge in [-0.2, -0.15) is 4.57 Å². The first-order valence-corrected chi connectivity index (χ1v) is 38.4. The third-order valence-electron chi connectivity index (χ3n) is 21.9. The summed E-state index contributed by atoms with van der Waals surface area (Å²) in [5.74, 6) is 0.506. The Kier molecular flexibility index (Phi) is 19.4. The molecule has 15 nitrogen and oxygen atoms in total. The number of fused-ring (bicyclic) bond motifs is 15. The van der Waals surface area contributed by atoms with Gasteiger partial charge in [0.2, 0.25) is 28.5 Å².